The van der Waals surface area contributed by atoms with Gasteiger partial charge in [-0.1, -0.05) is 22.9 Å². The number of aryl methyl sites for hydroxylation is 1. The van der Waals surface area contributed by atoms with E-state index < -0.39 is 11.2 Å². The monoisotopic (exact) mass is 378 g/mol. The van der Waals surface area contributed by atoms with Crippen LogP contribution in [0.25, 0.3) is 11.2 Å². The van der Waals surface area contributed by atoms with E-state index in [0.717, 1.165) is 6.42 Å². The lowest BCUT2D eigenvalue weighted by molar-refractivity contribution is 0.655. The molecule has 2 heterocycles. The number of halogens is 2. The summed E-state index contributed by atoms with van der Waals surface area (Å²) in [6.45, 7) is 2.65. The van der Waals surface area contributed by atoms with Crippen molar-refractivity contribution >= 4 is 43.0 Å². The summed E-state index contributed by atoms with van der Waals surface area (Å²) in [5.74, 6) is 0. The summed E-state index contributed by atoms with van der Waals surface area (Å²) in [4.78, 5) is 30.1. The lowest BCUT2D eigenvalue weighted by Gasteiger charge is -2.09. The molecule has 0 saturated heterocycles. The normalized spacial score (nSPS) is 13.1. The predicted octanol–water partition coefficient (Wildman–Crippen LogP) is 1.36. The van der Waals surface area contributed by atoms with Gasteiger partial charge >= 0.3 is 5.69 Å². The molecular formula is C10H12Br2N4O2. The van der Waals surface area contributed by atoms with Crippen molar-refractivity contribution in [1.29, 1.82) is 0 Å². The number of nitrogens with one attached hydrogen (secondary N) is 1. The number of alkyl halides is 1. The maximum atomic E-state index is 11.9. The fourth-order valence-corrected chi connectivity index (χ4v) is 2.48. The van der Waals surface area contributed by atoms with Gasteiger partial charge in [-0.3, -0.25) is 14.3 Å². The zero-order chi connectivity index (χ0) is 13.4. The Morgan fingerprint density at radius 2 is 2.11 bits per heavy atom. The second kappa shape index (κ2) is 5.00. The van der Waals surface area contributed by atoms with E-state index in [4.69, 9.17) is 0 Å². The molecule has 0 amide bonds. The summed E-state index contributed by atoms with van der Waals surface area (Å²) < 4.78 is 3.63. The maximum absolute atomic E-state index is 11.9. The van der Waals surface area contributed by atoms with Gasteiger partial charge in [0.25, 0.3) is 5.56 Å². The molecule has 2 aromatic heterocycles. The molecule has 0 spiro atoms. The van der Waals surface area contributed by atoms with Gasteiger partial charge in [-0.15, -0.1) is 0 Å². The Kier molecular flexibility index (Phi) is 3.76. The first kappa shape index (κ1) is 13.5. The first-order valence-electron chi connectivity index (χ1n) is 5.44. The molecule has 1 atom stereocenters. The molecule has 0 aliphatic carbocycles. The Hall–Kier alpha value is -0.890. The Balaban J connectivity index is 2.75. The highest BCUT2D eigenvalue weighted by molar-refractivity contribution is 9.10. The molecule has 1 N–H and O–H groups in total. The SMILES string of the molecule is CCC(Br)Cn1c(Br)nc2c1c(=O)[nH]c(=O)n2C. The Morgan fingerprint density at radius 1 is 1.44 bits per heavy atom. The molecule has 0 aliphatic heterocycles. The minimum atomic E-state index is -0.462. The molecule has 0 aromatic carbocycles. The van der Waals surface area contributed by atoms with Crippen LogP contribution in [0.15, 0.2) is 14.3 Å². The number of hydrogen-bond acceptors (Lipinski definition) is 3. The summed E-state index contributed by atoms with van der Waals surface area (Å²) in [5.41, 5.74) is -0.0917. The second-order valence-corrected chi connectivity index (χ2v) is 5.99. The Morgan fingerprint density at radius 3 is 2.72 bits per heavy atom. The van der Waals surface area contributed by atoms with Crippen molar-refractivity contribution < 1.29 is 0 Å². The Labute approximate surface area is 119 Å². The van der Waals surface area contributed by atoms with Crippen LogP contribution >= 0.6 is 31.9 Å². The van der Waals surface area contributed by atoms with Crippen LogP contribution in [-0.4, -0.2) is 23.9 Å². The van der Waals surface area contributed by atoms with Gasteiger partial charge in [0.2, 0.25) is 0 Å². The summed E-state index contributed by atoms with van der Waals surface area (Å²) in [6.07, 6.45) is 0.926. The first-order chi connectivity index (χ1) is 8.45. The molecule has 98 valence electrons. The highest BCUT2D eigenvalue weighted by Gasteiger charge is 2.17. The largest absolute Gasteiger partial charge is 0.329 e. The number of aromatic amines is 1. The van der Waals surface area contributed by atoms with Crippen LogP contribution in [0, 0.1) is 0 Å². The van der Waals surface area contributed by atoms with E-state index in [0.29, 0.717) is 22.4 Å². The summed E-state index contributed by atoms with van der Waals surface area (Å²) in [5, 5.41) is 0. The zero-order valence-corrected chi connectivity index (χ0v) is 13.1. The fourth-order valence-electron chi connectivity index (χ4n) is 1.70. The van der Waals surface area contributed by atoms with Crippen LogP contribution in [-0.2, 0) is 13.6 Å². The third-order valence-corrected chi connectivity index (χ3v) is 4.33. The molecule has 6 nitrogen and oxygen atoms in total. The first-order valence-corrected chi connectivity index (χ1v) is 7.15. The van der Waals surface area contributed by atoms with Crippen molar-refractivity contribution in [2.45, 2.75) is 24.7 Å². The molecular weight excluding hydrogens is 368 g/mol. The predicted molar refractivity (Wildman–Crippen MR) is 76.3 cm³/mol. The van der Waals surface area contributed by atoms with Crippen molar-refractivity contribution in [1.82, 2.24) is 19.1 Å². The standard InChI is InChI=1S/C10H12Br2N4O2/c1-3-5(11)4-16-6-7(13-9(16)12)15(2)10(18)14-8(6)17/h5H,3-4H2,1-2H3,(H,14,17,18). The van der Waals surface area contributed by atoms with Crippen molar-refractivity contribution in [3.05, 3.63) is 25.6 Å². The number of imidazole rings is 1. The topological polar surface area (TPSA) is 72.7 Å². The summed E-state index contributed by atoms with van der Waals surface area (Å²) in [6, 6.07) is 0. The van der Waals surface area contributed by atoms with E-state index in [1.165, 1.54) is 4.57 Å². The minimum absolute atomic E-state index is 0.239. The molecule has 0 bridgehead atoms. The smallest absolute Gasteiger partial charge is 0.312 e. The highest BCUT2D eigenvalue weighted by Crippen LogP contribution is 2.19. The number of nitrogens with zero attached hydrogens (tertiary/aromatic N) is 3. The molecule has 2 aromatic rings. The third kappa shape index (κ3) is 2.18. The number of H-pyrrole nitrogens is 1. The summed E-state index contributed by atoms with van der Waals surface area (Å²) >= 11 is 6.85. The van der Waals surface area contributed by atoms with Crippen molar-refractivity contribution in [3.63, 3.8) is 0 Å². The third-order valence-electron chi connectivity index (χ3n) is 2.78. The van der Waals surface area contributed by atoms with Gasteiger partial charge in [-0.25, -0.2) is 9.78 Å². The molecule has 18 heavy (non-hydrogen) atoms. The number of fused-ring (bicyclic) bond motifs is 1. The number of hydrogen-bond donors (Lipinski definition) is 1. The van der Waals surface area contributed by atoms with Gasteiger partial charge in [0.15, 0.2) is 15.9 Å². The van der Waals surface area contributed by atoms with E-state index >= 15 is 0 Å². The van der Waals surface area contributed by atoms with Gasteiger partial charge < -0.3 is 4.57 Å². The van der Waals surface area contributed by atoms with Crippen LogP contribution in [0.2, 0.25) is 0 Å². The van der Waals surface area contributed by atoms with E-state index in [2.05, 4.69) is 41.8 Å². The molecule has 2 rings (SSSR count). The number of aromatic nitrogens is 4. The average Bonchev–Trinajstić information content (AvgIpc) is 2.64. The molecule has 1 unspecified atom stereocenters. The molecule has 0 fully saturated rings. The fraction of sp³-hybridized carbons (Fsp3) is 0.500. The number of rotatable bonds is 3. The van der Waals surface area contributed by atoms with Crippen LogP contribution in [0.1, 0.15) is 13.3 Å². The molecule has 0 saturated carbocycles. The van der Waals surface area contributed by atoms with Crippen LogP contribution in [0.5, 0.6) is 0 Å². The van der Waals surface area contributed by atoms with Crippen molar-refractivity contribution in [2.75, 3.05) is 0 Å². The van der Waals surface area contributed by atoms with Gasteiger partial charge in [-0.05, 0) is 22.4 Å². The lowest BCUT2D eigenvalue weighted by atomic mass is 10.3. The highest BCUT2D eigenvalue weighted by atomic mass is 79.9. The van der Waals surface area contributed by atoms with Gasteiger partial charge in [0.05, 0.1) is 0 Å². The maximum Gasteiger partial charge on any atom is 0.329 e. The molecule has 0 radical (unpaired) electrons. The minimum Gasteiger partial charge on any atom is -0.312 e. The van der Waals surface area contributed by atoms with E-state index in [1.807, 2.05) is 6.92 Å². The second-order valence-electron chi connectivity index (χ2n) is 3.99. The molecule has 0 aliphatic rings. The van der Waals surface area contributed by atoms with Crippen molar-refractivity contribution in [2.24, 2.45) is 7.05 Å². The van der Waals surface area contributed by atoms with Gasteiger partial charge in [0, 0.05) is 18.4 Å². The van der Waals surface area contributed by atoms with E-state index in [-0.39, 0.29) is 4.83 Å². The van der Waals surface area contributed by atoms with Gasteiger partial charge in [-0.2, -0.15) is 0 Å². The zero-order valence-electron chi connectivity index (χ0n) is 9.91. The summed E-state index contributed by atoms with van der Waals surface area (Å²) in [7, 11) is 1.58. The van der Waals surface area contributed by atoms with Crippen molar-refractivity contribution in [3.8, 4) is 0 Å². The van der Waals surface area contributed by atoms with E-state index in [1.54, 1.807) is 11.6 Å². The quantitative estimate of drug-likeness (QED) is 0.646. The van der Waals surface area contributed by atoms with E-state index in [9.17, 15) is 9.59 Å². The average molecular weight is 380 g/mol. The van der Waals surface area contributed by atoms with Crippen LogP contribution in [0.3, 0.4) is 0 Å². The van der Waals surface area contributed by atoms with Crippen LogP contribution in [0.4, 0.5) is 0 Å². The molecule has 8 heteroatoms. The van der Waals surface area contributed by atoms with Gasteiger partial charge in [0.1, 0.15) is 0 Å². The van der Waals surface area contributed by atoms with Crippen LogP contribution < -0.4 is 11.2 Å². The Bertz CT molecular complexity index is 700. The lowest BCUT2D eigenvalue weighted by Crippen LogP contribution is -2.29.